The highest BCUT2D eigenvalue weighted by molar-refractivity contribution is 6.02. The number of methoxy groups -OCH3 is 1. The maximum atomic E-state index is 13.0. The minimum Gasteiger partial charge on any atom is -0.495 e. The number of ether oxygens (including phenoxy) is 1. The standard InChI is InChI=1S/C20H24N4O3/c1-13-7-8-15-14(11-13)19(22-21-15)20(26)23-9-10-24(18(25)12-23)16-5-3-4-6-17(16)27-2/h3-6,13H,7-12H2,1-2H3,(H,21,22). The third-order valence-electron chi connectivity index (χ3n) is 5.48. The van der Waals surface area contributed by atoms with Crippen LogP contribution in [0.5, 0.6) is 5.75 Å². The van der Waals surface area contributed by atoms with Crippen molar-refractivity contribution in [2.45, 2.75) is 26.2 Å². The Labute approximate surface area is 158 Å². The van der Waals surface area contributed by atoms with E-state index in [1.54, 1.807) is 16.9 Å². The van der Waals surface area contributed by atoms with Crippen LogP contribution in [0.1, 0.15) is 35.1 Å². The third kappa shape index (κ3) is 3.18. The van der Waals surface area contributed by atoms with Gasteiger partial charge in [0.25, 0.3) is 5.91 Å². The maximum Gasteiger partial charge on any atom is 0.275 e. The van der Waals surface area contributed by atoms with Crippen LogP contribution in [0.15, 0.2) is 24.3 Å². The number of H-pyrrole nitrogens is 1. The van der Waals surface area contributed by atoms with Gasteiger partial charge in [-0.1, -0.05) is 19.1 Å². The summed E-state index contributed by atoms with van der Waals surface area (Å²) in [7, 11) is 1.59. The fraction of sp³-hybridized carbons (Fsp3) is 0.450. The second kappa shape index (κ2) is 7.06. The number of para-hydroxylation sites is 2. The van der Waals surface area contributed by atoms with E-state index in [1.807, 2.05) is 24.3 Å². The van der Waals surface area contributed by atoms with Crippen molar-refractivity contribution >= 4 is 17.5 Å². The Hall–Kier alpha value is -2.83. The molecule has 0 radical (unpaired) electrons. The summed E-state index contributed by atoms with van der Waals surface area (Å²) in [6, 6.07) is 7.44. The van der Waals surface area contributed by atoms with E-state index in [-0.39, 0.29) is 18.4 Å². The number of anilines is 1. The summed E-state index contributed by atoms with van der Waals surface area (Å²) in [5.74, 6) is 0.929. The SMILES string of the molecule is COc1ccccc1N1CCN(C(=O)c2n[nH]c3c2CC(C)CC3)CC1=O. The van der Waals surface area contributed by atoms with E-state index in [2.05, 4.69) is 17.1 Å². The minimum atomic E-state index is -0.158. The zero-order valence-corrected chi connectivity index (χ0v) is 15.7. The van der Waals surface area contributed by atoms with Gasteiger partial charge in [-0.15, -0.1) is 0 Å². The number of fused-ring (bicyclic) bond motifs is 1. The molecule has 4 rings (SSSR count). The first-order valence-electron chi connectivity index (χ1n) is 9.37. The largest absolute Gasteiger partial charge is 0.495 e. The van der Waals surface area contributed by atoms with Gasteiger partial charge in [0.05, 0.1) is 12.8 Å². The Morgan fingerprint density at radius 1 is 1.30 bits per heavy atom. The molecule has 1 unspecified atom stereocenters. The number of benzene rings is 1. The maximum absolute atomic E-state index is 13.0. The van der Waals surface area contributed by atoms with Gasteiger partial charge >= 0.3 is 0 Å². The Kier molecular flexibility index (Phi) is 4.59. The first kappa shape index (κ1) is 17.6. The van der Waals surface area contributed by atoms with E-state index < -0.39 is 0 Å². The third-order valence-corrected chi connectivity index (χ3v) is 5.48. The van der Waals surface area contributed by atoms with Gasteiger partial charge < -0.3 is 14.5 Å². The molecule has 1 N–H and O–H groups in total. The van der Waals surface area contributed by atoms with Crippen LogP contribution < -0.4 is 9.64 Å². The predicted molar refractivity (Wildman–Crippen MR) is 101 cm³/mol. The molecule has 1 saturated heterocycles. The van der Waals surface area contributed by atoms with Crippen molar-refractivity contribution in [3.63, 3.8) is 0 Å². The lowest BCUT2D eigenvalue weighted by Crippen LogP contribution is -2.52. The van der Waals surface area contributed by atoms with Crippen LogP contribution in [0.3, 0.4) is 0 Å². The number of nitrogens with zero attached hydrogens (tertiary/aromatic N) is 3. The first-order chi connectivity index (χ1) is 13.1. The van der Waals surface area contributed by atoms with Crippen LogP contribution in [0, 0.1) is 5.92 Å². The van der Waals surface area contributed by atoms with E-state index in [0.717, 1.165) is 36.2 Å². The highest BCUT2D eigenvalue weighted by Crippen LogP contribution is 2.30. The molecular weight excluding hydrogens is 344 g/mol. The van der Waals surface area contributed by atoms with Gasteiger partial charge in [-0.3, -0.25) is 14.7 Å². The molecule has 2 amide bonds. The van der Waals surface area contributed by atoms with Gasteiger partial charge in [0.15, 0.2) is 5.69 Å². The molecule has 0 saturated carbocycles. The number of rotatable bonds is 3. The summed E-state index contributed by atoms with van der Waals surface area (Å²) < 4.78 is 5.36. The van der Waals surface area contributed by atoms with E-state index >= 15 is 0 Å². The van der Waals surface area contributed by atoms with E-state index in [1.165, 1.54) is 0 Å². The van der Waals surface area contributed by atoms with Gasteiger partial charge in [0.1, 0.15) is 12.3 Å². The average molecular weight is 368 g/mol. The molecule has 0 spiro atoms. The average Bonchev–Trinajstić information content (AvgIpc) is 3.10. The van der Waals surface area contributed by atoms with Crippen molar-refractivity contribution in [3.8, 4) is 5.75 Å². The molecule has 2 aromatic rings. The Morgan fingerprint density at radius 2 is 2.11 bits per heavy atom. The lowest BCUT2D eigenvalue weighted by atomic mass is 9.87. The van der Waals surface area contributed by atoms with Crippen molar-refractivity contribution in [1.29, 1.82) is 0 Å². The molecule has 0 bridgehead atoms. The molecule has 2 aliphatic rings. The Balaban J connectivity index is 1.51. The summed E-state index contributed by atoms with van der Waals surface area (Å²) in [6.45, 7) is 3.15. The van der Waals surface area contributed by atoms with Crippen LogP contribution in [0.25, 0.3) is 0 Å². The predicted octanol–water partition coefficient (Wildman–Crippen LogP) is 2.03. The second-order valence-corrected chi connectivity index (χ2v) is 7.32. The van der Waals surface area contributed by atoms with Crippen LogP contribution >= 0.6 is 0 Å². The van der Waals surface area contributed by atoms with Gasteiger partial charge in [0.2, 0.25) is 5.91 Å². The summed E-state index contributed by atoms with van der Waals surface area (Å²) in [5, 5.41) is 7.29. The molecule has 142 valence electrons. The van der Waals surface area contributed by atoms with Gasteiger partial charge in [-0.05, 0) is 37.3 Å². The van der Waals surface area contributed by atoms with Crippen molar-refractivity contribution in [2.24, 2.45) is 5.92 Å². The monoisotopic (exact) mass is 368 g/mol. The molecule has 7 heteroatoms. The highest BCUT2D eigenvalue weighted by atomic mass is 16.5. The van der Waals surface area contributed by atoms with Crippen LogP contribution in [0.4, 0.5) is 5.69 Å². The number of piperazine rings is 1. The smallest absolute Gasteiger partial charge is 0.275 e. The first-order valence-corrected chi connectivity index (χ1v) is 9.37. The topological polar surface area (TPSA) is 78.5 Å². The molecule has 1 atom stereocenters. The van der Waals surface area contributed by atoms with Crippen LogP contribution in [-0.4, -0.2) is 53.7 Å². The lowest BCUT2D eigenvalue weighted by Gasteiger charge is -2.34. The zero-order valence-electron chi connectivity index (χ0n) is 15.7. The van der Waals surface area contributed by atoms with Gasteiger partial charge in [-0.2, -0.15) is 5.10 Å². The number of carbonyl (C=O) groups excluding carboxylic acids is 2. The highest BCUT2D eigenvalue weighted by Gasteiger charge is 2.33. The normalized spacial score (nSPS) is 19.8. The number of hydrogen-bond acceptors (Lipinski definition) is 4. The molecule has 1 aromatic carbocycles. The van der Waals surface area contributed by atoms with Crippen molar-refractivity contribution in [3.05, 3.63) is 41.2 Å². The van der Waals surface area contributed by atoms with E-state index in [4.69, 9.17) is 4.74 Å². The number of aryl methyl sites for hydroxylation is 1. The molecule has 1 aliphatic heterocycles. The molecule has 2 heterocycles. The van der Waals surface area contributed by atoms with Gasteiger partial charge in [0, 0.05) is 24.3 Å². The molecule has 7 nitrogen and oxygen atoms in total. The molecule has 1 aromatic heterocycles. The summed E-state index contributed by atoms with van der Waals surface area (Å²) in [5.41, 5.74) is 3.31. The summed E-state index contributed by atoms with van der Waals surface area (Å²) in [6.07, 6.45) is 2.90. The Morgan fingerprint density at radius 3 is 2.89 bits per heavy atom. The van der Waals surface area contributed by atoms with Crippen molar-refractivity contribution < 1.29 is 14.3 Å². The molecule has 27 heavy (non-hydrogen) atoms. The second-order valence-electron chi connectivity index (χ2n) is 7.32. The van der Waals surface area contributed by atoms with Crippen molar-refractivity contribution in [2.75, 3.05) is 31.6 Å². The lowest BCUT2D eigenvalue weighted by molar-refractivity contribution is -0.120. The molecule has 1 aliphatic carbocycles. The van der Waals surface area contributed by atoms with Crippen LogP contribution in [0.2, 0.25) is 0 Å². The number of amides is 2. The molecule has 1 fully saturated rings. The minimum absolute atomic E-state index is 0.0497. The zero-order chi connectivity index (χ0) is 19.0. The van der Waals surface area contributed by atoms with Crippen molar-refractivity contribution in [1.82, 2.24) is 15.1 Å². The fourth-order valence-corrected chi connectivity index (χ4v) is 3.95. The fourth-order valence-electron chi connectivity index (χ4n) is 3.95. The number of aromatic amines is 1. The number of nitrogens with one attached hydrogen (secondary N) is 1. The van der Waals surface area contributed by atoms with Crippen LogP contribution in [-0.2, 0) is 17.6 Å². The number of hydrogen-bond donors (Lipinski definition) is 1. The Bertz CT molecular complexity index is 876. The van der Waals surface area contributed by atoms with Gasteiger partial charge in [-0.25, -0.2) is 0 Å². The summed E-state index contributed by atoms with van der Waals surface area (Å²) >= 11 is 0. The molecular formula is C20H24N4O3. The number of aromatic nitrogens is 2. The van der Waals surface area contributed by atoms with E-state index in [9.17, 15) is 9.59 Å². The number of carbonyl (C=O) groups is 2. The van der Waals surface area contributed by atoms with E-state index in [0.29, 0.717) is 30.5 Å². The quantitative estimate of drug-likeness (QED) is 0.899. The summed E-state index contributed by atoms with van der Waals surface area (Å²) in [4.78, 5) is 29.0.